The largest absolute Gasteiger partial charge is 0.329 e. The van der Waals surface area contributed by atoms with E-state index in [1.54, 1.807) is 12.3 Å². The van der Waals surface area contributed by atoms with Crippen LogP contribution in [0.25, 0.3) is 16.7 Å². The summed E-state index contributed by atoms with van der Waals surface area (Å²) in [5, 5.41) is 3.75. The minimum Gasteiger partial charge on any atom is -0.329 e. The molecule has 0 radical (unpaired) electrons. The molecule has 19 heavy (non-hydrogen) atoms. The van der Waals surface area contributed by atoms with Gasteiger partial charge in [0.2, 0.25) is 5.16 Å². The van der Waals surface area contributed by atoms with E-state index in [0.717, 1.165) is 0 Å². The lowest BCUT2D eigenvalue weighted by Crippen LogP contribution is -1.99. The van der Waals surface area contributed by atoms with Gasteiger partial charge < -0.3 is 9.54 Å². The molecule has 1 aromatic carbocycles. The van der Waals surface area contributed by atoms with Crippen LogP contribution in [0.1, 0.15) is 0 Å². The Morgan fingerprint density at radius 1 is 1.47 bits per heavy atom. The molecule has 0 saturated heterocycles. The first-order valence-electron chi connectivity index (χ1n) is 5.24. The van der Waals surface area contributed by atoms with Crippen LogP contribution in [0.2, 0.25) is 0 Å². The van der Waals surface area contributed by atoms with Gasteiger partial charge in [-0.15, -0.1) is 0 Å². The molecule has 98 valence electrons. The first-order valence-corrected chi connectivity index (χ1v) is 6.92. The number of benzene rings is 1. The standard InChI is InChI=1S/C11H9FN4O2S/c1-19(17,18)11-14-8-5-7(12)10(6-9(8)15-11)16-4-2-3-13-16/h2-6H,1H2,(H,14,15)(H,17,18). The number of H-pyrrole nitrogens is 1. The molecule has 0 spiro atoms. The van der Waals surface area contributed by atoms with Crippen molar-refractivity contribution in [3.8, 4) is 5.69 Å². The van der Waals surface area contributed by atoms with Crippen LogP contribution in [0.15, 0.2) is 35.7 Å². The Bertz CT molecular complexity index is 852. The van der Waals surface area contributed by atoms with Crippen molar-refractivity contribution in [1.82, 2.24) is 19.7 Å². The van der Waals surface area contributed by atoms with Crippen LogP contribution in [-0.4, -0.2) is 34.4 Å². The van der Waals surface area contributed by atoms with Gasteiger partial charge in [0, 0.05) is 18.5 Å². The van der Waals surface area contributed by atoms with E-state index in [2.05, 4.69) is 20.9 Å². The molecule has 2 aromatic heterocycles. The normalized spacial score (nSPS) is 14.6. The molecule has 3 aromatic rings. The predicted octanol–water partition coefficient (Wildman–Crippen LogP) is 1.44. The minimum atomic E-state index is -3.46. The zero-order valence-electron chi connectivity index (χ0n) is 9.58. The molecule has 2 heterocycles. The Hall–Kier alpha value is -2.19. The van der Waals surface area contributed by atoms with Crippen molar-refractivity contribution in [2.24, 2.45) is 0 Å². The number of rotatable bonds is 2. The highest BCUT2D eigenvalue weighted by Crippen LogP contribution is 2.21. The maximum Gasteiger partial charge on any atom is 0.214 e. The number of halogens is 1. The van der Waals surface area contributed by atoms with E-state index in [0.29, 0.717) is 11.0 Å². The van der Waals surface area contributed by atoms with Gasteiger partial charge in [0.05, 0.1) is 11.0 Å². The highest BCUT2D eigenvalue weighted by molar-refractivity contribution is 7.94. The van der Waals surface area contributed by atoms with Crippen molar-refractivity contribution >= 4 is 26.7 Å². The molecular weight excluding hydrogens is 271 g/mol. The summed E-state index contributed by atoms with van der Waals surface area (Å²) in [5.74, 6) is 2.59. The zero-order chi connectivity index (χ0) is 13.6. The summed E-state index contributed by atoms with van der Waals surface area (Å²) in [4.78, 5) is 6.52. The molecule has 0 amide bonds. The molecule has 1 atom stereocenters. The second-order valence-electron chi connectivity index (χ2n) is 3.95. The van der Waals surface area contributed by atoms with Crippen molar-refractivity contribution in [2.75, 3.05) is 0 Å². The number of aromatic nitrogens is 4. The average molecular weight is 280 g/mol. The molecule has 1 unspecified atom stereocenters. The lowest BCUT2D eigenvalue weighted by atomic mass is 10.2. The van der Waals surface area contributed by atoms with E-state index in [4.69, 9.17) is 0 Å². The molecule has 0 aliphatic rings. The van der Waals surface area contributed by atoms with Crippen LogP contribution >= 0.6 is 0 Å². The number of imidazole rings is 1. The van der Waals surface area contributed by atoms with Crippen LogP contribution < -0.4 is 0 Å². The number of aromatic amines is 1. The van der Waals surface area contributed by atoms with E-state index in [-0.39, 0.29) is 10.8 Å². The van der Waals surface area contributed by atoms with Gasteiger partial charge >= 0.3 is 0 Å². The summed E-state index contributed by atoms with van der Waals surface area (Å²) in [6.07, 6.45) is 3.12. The van der Waals surface area contributed by atoms with Crippen molar-refractivity contribution < 1.29 is 13.2 Å². The molecule has 8 heteroatoms. The predicted molar refractivity (Wildman–Crippen MR) is 69.3 cm³/mol. The summed E-state index contributed by atoms with van der Waals surface area (Å²) in [7, 11) is -3.46. The summed E-state index contributed by atoms with van der Waals surface area (Å²) in [6, 6.07) is 4.31. The Morgan fingerprint density at radius 2 is 2.26 bits per heavy atom. The number of nitrogens with one attached hydrogen (secondary N) is 1. The molecule has 2 N–H and O–H groups in total. The van der Waals surface area contributed by atoms with Crippen molar-refractivity contribution in [1.29, 1.82) is 0 Å². The topological polar surface area (TPSA) is 83.8 Å². The number of nitrogens with zero attached hydrogens (tertiary/aromatic N) is 3. The molecule has 6 nitrogen and oxygen atoms in total. The Balaban J connectivity index is 2.26. The first kappa shape index (κ1) is 11.9. The van der Waals surface area contributed by atoms with Gasteiger partial charge in [-0.25, -0.2) is 18.3 Å². The maximum absolute atomic E-state index is 13.9. The van der Waals surface area contributed by atoms with Gasteiger partial charge in [0.25, 0.3) is 0 Å². The lowest BCUT2D eigenvalue weighted by molar-refractivity contribution is 0.553. The summed E-state index contributed by atoms with van der Waals surface area (Å²) < 4.78 is 36.0. The maximum atomic E-state index is 13.9. The van der Waals surface area contributed by atoms with Gasteiger partial charge in [-0.1, -0.05) is 0 Å². The van der Waals surface area contributed by atoms with Crippen LogP contribution in [0.4, 0.5) is 4.39 Å². The second kappa shape index (κ2) is 3.90. The number of hydrogen-bond acceptors (Lipinski definition) is 3. The average Bonchev–Trinajstić information content (AvgIpc) is 2.94. The van der Waals surface area contributed by atoms with E-state index >= 15 is 0 Å². The lowest BCUT2D eigenvalue weighted by Gasteiger charge is -2.02. The molecule has 0 aliphatic carbocycles. The molecule has 3 rings (SSSR count). The third kappa shape index (κ3) is 2.00. The first-order chi connectivity index (χ1) is 8.95. The summed E-state index contributed by atoms with van der Waals surface area (Å²) in [6.45, 7) is 0. The Kier molecular flexibility index (Phi) is 2.44. The Morgan fingerprint density at radius 3 is 2.89 bits per heavy atom. The quantitative estimate of drug-likeness (QED) is 0.696. The van der Waals surface area contributed by atoms with E-state index < -0.39 is 15.6 Å². The van der Waals surface area contributed by atoms with Crippen LogP contribution in [0.3, 0.4) is 0 Å². The summed E-state index contributed by atoms with van der Waals surface area (Å²) >= 11 is 0. The monoisotopic (exact) mass is 280 g/mol. The van der Waals surface area contributed by atoms with Gasteiger partial charge in [-0.05, 0) is 18.0 Å². The fourth-order valence-electron chi connectivity index (χ4n) is 1.73. The third-order valence-corrected chi connectivity index (χ3v) is 3.38. The van der Waals surface area contributed by atoms with Crippen molar-refractivity contribution in [2.45, 2.75) is 5.16 Å². The van der Waals surface area contributed by atoms with Gasteiger partial charge in [0.1, 0.15) is 15.5 Å². The highest BCUT2D eigenvalue weighted by Gasteiger charge is 2.13. The second-order valence-corrected chi connectivity index (χ2v) is 5.62. The fourth-order valence-corrected chi connectivity index (χ4v) is 2.24. The number of fused-ring (bicyclic) bond motifs is 1. The highest BCUT2D eigenvalue weighted by atomic mass is 32.2. The van der Waals surface area contributed by atoms with Crippen LogP contribution in [0, 0.1) is 5.82 Å². The van der Waals surface area contributed by atoms with Crippen molar-refractivity contribution in [3.05, 3.63) is 36.4 Å². The van der Waals surface area contributed by atoms with Crippen LogP contribution in [-0.2, 0) is 9.80 Å². The van der Waals surface area contributed by atoms with Crippen molar-refractivity contribution in [3.63, 3.8) is 0 Å². The van der Waals surface area contributed by atoms with E-state index in [1.165, 1.54) is 23.0 Å². The van der Waals surface area contributed by atoms with Gasteiger partial charge in [0.15, 0.2) is 5.82 Å². The SMILES string of the molecule is C=S(=O)(O)c1nc2cc(-n3cccn3)c(F)cc2[nH]1. The number of hydrogen-bond donors (Lipinski definition) is 2. The van der Waals surface area contributed by atoms with Crippen LogP contribution in [0.5, 0.6) is 0 Å². The molecule has 0 saturated carbocycles. The van der Waals surface area contributed by atoms with E-state index in [9.17, 15) is 13.2 Å². The zero-order valence-corrected chi connectivity index (χ0v) is 10.4. The smallest absolute Gasteiger partial charge is 0.214 e. The third-order valence-electron chi connectivity index (χ3n) is 2.58. The Labute approximate surface area is 107 Å². The fraction of sp³-hybridized carbons (Fsp3) is 0. The molecule has 0 aliphatic heterocycles. The van der Waals surface area contributed by atoms with Gasteiger partial charge in [-0.3, -0.25) is 0 Å². The molecule has 0 bridgehead atoms. The molecule has 0 fully saturated rings. The van der Waals surface area contributed by atoms with Gasteiger partial charge in [-0.2, -0.15) is 5.10 Å². The molecular formula is C11H9FN4O2S. The van der Waals surface area contributed by atoms with E-state index in [1.807, 2.05) is 0 Å². The minimum absolute atomic E-state index is 0.181. The summed E-state index contributed by atoms with van der Waals surface area (Å²) in [5.41, 5.74) is 0.908.